The summed E-state index contributed by atoms with van der Waals surface area (Å²) in [6.45, 7) is 3.82. The zero-order valence-electron chi connectivity index (χ0n) is 14.8. The highest BCUT2D eigenvalue weighted by atomic mass is 16.6. The number of cyclic esters (lactones) is 1. The molecule has 2 aromatic rings. The number of carbonyl (C=O) groups excluding carboxylic acids is 1. The summed E-state index contributed by atoms with van der Waals surface area (Å²) in [4.78, 5) is 16.5. The normalized spacial score (nSPS) is 15.3. The van der Waals surface area contributed by atoms with Crippen LogP contribution < -0.4 is 9.47 Å². The maximum atomic E-state index is 12.2. The first-order chi connectivity index (χ1) is 11.9. The van der Waals surface area contributed by atoms with Crippen LogP contribution in [0, 0.1) is 13.8 Å². The van der Waals surface area contributed by atoms with E-state index in [9.17, 15) is 4.79 Å². The van der Waals surface area contributed by atoms with E-state index in [1.807, 2.05) is 20.9 Å². The molecule has 0 saturated heterocycles. The second-order valence-corrected chi connectivity index (χ2v) is 5.65. The first-order valence-electron chi connectivity index (χ1n) is 7.69. The van der Waals surface area contributed by atoms with Gasteiger partial charge in [0.25, 0.3) is 0 Å². The molecule has 1 aliphatic rings. The van der Waals surface area contributed by atoms with Gasteiger partial charge in [-0.2, -0.15) is 5.10 Å². The van der Waals surface area contributed by atoms with Crippen molar-refractivity contribution in [1.29, 1.82) is 0 Å². The molecule has 0 bridgehead atoms. The van der Waals surface area contributed by atoms with Crippen molar-refractivity contribution in [3.8, 4) is 11.5 Å². The lowest BCUT2D eigenvalue weighted by Crippen LogP contribution is -2.06. The monoisotopic (exact) mass is 341 g/mol. The van der Waals surface area contributed by atoms with Crippen LogP contribution in [0.2, 0.25) is 0 Å². The summed E-state index contributed by atoms with van der Waals surface area (Å²) in [5.41, 5.74) is 3.47. The Kier molecular flexibility index (Phi) is 4.31. The predicted molar refractivity (Wildman–Crippen MR) is 92.8 cm³/mol. The highest BCUT2D eigenvalue weighted by molar-refractivity contribution is 6.13. The van der Waals surface area contributed by atoms with Crippen molar-refractivity contribution >= 4 is 17.9 Å². The molecule has 0 atom stereocenters. The molecule has 1 aromatic carbocycles. The topological polar surface area (TPSA) is 74.9 Å². The minimum atomic E-state index is -0.501. The average molecular weight is 341 g/mol. The summed E-state index contributed by atoms with van der Waals surface area (Å²) < 4.78 is 17.6. The van der Waals surface area contributed by atoms with E-state index in [4.69, 9.17) is 14.2 Å². The van der Waals surface area contributed by atoms with Crippen molar-refractivity contribution < 1.29 is 19.0 Å². The maximum Gasteiger partial charge on any atom is 0.363 e. The summed E-state index contributed by atoms with van der Waals surface area (Å²) >= 11 is 0. The molecule has 0 unspecified atom stereocenters. The van der Waals surface area contributed by atoms with Crippen LogP contribution in [-0.4, -0.2) is 35.9 Å². The van der Waals surface area contributed by atoms with Gasteiger partial charge in [-0.05, 0) is 32.1 Å². The number of aromatic nitrogens is 2. The molecule has 0 radical (unpaired) electrons. The van der Waals surface area contributed by atoms with Crippen LogP contribution in [0.25, 0.3) is 6.08 Å². The number of hydrogen-bond donors (Lipinski definition) is 0. The smallest absolute Gasteiger partial charge is 0.363 e. The molecule has 130 valence electrons. The van der Waals surface area contributed by atoms with Gasteiger partial charge in [-0.25, -0.2) is 9.79 Å². The fourth-order valence-electron chi connectivity index (χ4n) is 2.60. The highest BCUT2D eigenvalue weighted by Gasteiger charge is 2.26. The number of nitrogens with zero attached hydrogens (tertiary/aromatic N) is 3. The molecule has 0 fully saturated rings. The van der Waals surface area contributed by atoms with Gasteiger partial charge in [0, 0.05) is 29.9 Å². The Morgan fingerprint density at radius 3 is 2.28 bits per heavy atom. The first kappa shape index (κ1) is 16.8. The Morgan fingerprint density at radius 2 is 1.76 bits per heavy atom. The molecule has 0 aliphatic carbocycles. The minimum absolute atomic E-state index is 0.215. The molecule has 0 amide bonds. The van der Waals surface area contributed by atoms with E-state index in [0.717, 1.165) is 17.0 Å². The van der Waals surface area contributed by atoms with Crippen LogP contribution in [0.1, 0.15) is 22.5 Å². The second kappa shape index (κ2) is 6.43. The molecule has 3 rings (SSSR count). The van der Waals surface area contributed by atoms with Crippen LogP contribution in [-0.2, 0) is 16.6 Å². The van der Waals surface area contributed by atoms with Gasteiger partial charge in [0.2, 0.25) is 5.90 Å². The van der Waals surface area contributed by atoms with E-state index in [1.54, 1.807) is 43.2 Å². The third-order valence-electron chi connectivity index (χ3n) is 4.06. The summed E-state index contributed by atoms with van der Waals surface area (Å²) in [7, 11) is 4.97. The van der Waals surface area contributed by atoms with Crippen molar-refractivity contribution in [3.05, 3.63) is 46.4 Å². The van der Waals surface area contributed by atoms with Crippen LogP contribution in [0.4, 0.5) is 0 Å². The molecule has 0 N–H and O–H groups in total. The average Bonchev–Trinajstić information content (AvgIpc) is 3.09. The van der Waals surface area contributed by atoms with Crippen LogP contribution in [0.5, 0.6) is 11.5 Å². The Balaban J connectivity index is 2.02. The number of hydrogen-bond acceptors (Lipinski definition) is 6. The lowest BCUT2D eigenvalue weighted by molar-refractivity contribution is -0.129. The van der Waals surface area contributed by atoms with Crippen LogP contribution in [0.15, 0.2) is 28.9 Å². The maximum absolute atomic E-state index is 12.2. The number of methoxy groups -OCH3 is 2. The number of aliphatic imine (C=N–C) groups is 1. The molecule has 0 spiro atoms. The Bertz CT molecular complexity index is 887. The number of rotatable bonds is 4. The van der Waals surface area contributed by atoms with Crippen molar-refractivity contribution in [2.45, 2.75) is 13.8 Å². The fourth-order valence-corrected chi connectivity index (χ4v) is 2.60. The summed E-state index contributed by atoms with van der Waals surface area (Å²) in [6, 6.07) is 5.20. The first-order valence-corrected chi connectivity index (χ1v) is 7.69. The Labute approximate surface area is 145 Å². The zero-order chi connectivity index (χ0) is 18.1. The molecular weight excluding hydrogens is 322 g/mol. The zero-order valence-corrected chi connectivity index (χ0v) is 14.8. The van der Waals surface area contributed by atoms with E-state index in [1.165, 1.54) is 0 Å². The Morgan fingerprint density at radius 1 is 1.12 bits per heavy atom. The van der Waals surface area contributed by atoms with E-state index >= 15 is 0 Å². The highest BCUT2D eigenvalue weighted by Crippen LogP contribution is 2.27. The van der Waals surface area contributed by atoms with Crippen LogP contribution in [0.3, 0.4) is 0 Å². The third-order valence-corrected chi connectivity index (χ3v) is 4.06. The number of aryl methyl sites for hydroxylation is 2. The van der Waals surface area contributed by atoms with Crippen molar-refractivity contribution in [2.75, 3.05) is 14.2 Å². The molecule has 0 saturated carbocycles. The second-order valence-electron chi connectivity index (χ2n) is 5.65. The molecule has 2 heterocycles. The number of benzene rings is 1. The van der Waals surface area contributed by atoms with E-state index < -0.39 is 5.97 Å². The van der Waals surface area contributed by atoms with Gasteiger partial charge < -0.3 is 14.2 Å². The van der Waals surface area contributed by atoms with Gasteiger partial charge in [-0.15, -0.1) is 0 Å². The lowest BCUT2D eigenvalue weighted by Gasteiger charge is -2.07. The molecule has 7 nitrogen and oxygen atoms in total. The van der Waals surface area contributed by atoms with Gasteiger partial charge in [0.1, 0.15) is 11.5 Å². The van der Waals surface area contributed by atoms with Gasteiger partial charge in [0.05, 0.1) is 19.9 Å². The van der Waals surface area contributed by atoms with Crippen LogP contribution >= 0.6 is 0 Å². The third kappa shape index (κ3) is 3.13. The van der Waals surface area contributed by atoms with E-state index in [-0.39, 0.29) is 11.6 Å². The van der Waals surface area contributed by atoms with Crippen molar-refractivity contribution in [3.63, 3.8) is 0 Å². The number of carbonyl (C=O) groups is 1. The molecule has 25 heavy (non-hydrogen) atoms. The predicted octanol–water partition coefficient (Wildman–Crippen LogP) is 2.40. The van der Waals surface area contributed by atoms with E-state index in [2.05, 4.69) is 10.1 Å². The summed E-state index contributed by atoms with van der Waals surface area (Å²) in [5, 5.41) is 4.34. The molecule has 1 aliphatic heterocycles. The quantitative estimate of drug-likeness (QED) is 0.630. The summed E-state index contributed by atoms with van der Waals surface area (Å²) in [6.07, 6.45) is 1.70. The van der Waals surface area contributed by atoms with E-state index in [0.29, 0.717) is 17.1 Å². The largest absolute Gasteiger partial charge is 0.497 e. The summed E-state index contributed by atoms with van der Waals surface area (Å²) in [5.74, 6) is 0.890. The van der Waals surface area contributed by atoms with Gasteiger partial charge in [-0.3, -0.25) is 4.68 Å². The molecular formula is C18H19N3O4. The minimum Gasteiger partial charge on any atom is -0.497 e. The fraction of sp³-hybridized carbons (Fsp3) is 0.278. The SMILES string of the molecule is COc1cc(OC)cc(C2=N/C(=C\c3c(C)nn(C)c3C)C(=O)O2)c1. The number of ether oxygens (including phenoxy) is 3. The van der Waals surface area contributed by atoms with Gasteiger partial charge in [0.15, 0.2) is 5.70 Å². The standard InChI is InChI=1S/C18H19N3O4/c1-10-15(11(2)21(3)20-10)9-16-18(22)25-17(19-16)12-6-13(23-4)8-14(7-12)24-5/h6-9H,1-5H3/b16-9-. The lowest BCUT2D eigenvalue weighted by atomic mass is 10.1. The Hall–Kier alpha value is -3.09. The van der Waals surface area contributed by atoms with Gasteiger partial charge >= 0.3 is 5.97 Å². The molecule has 1 aromatic heterocycles. The van der Waals surface area contributed by atoms with Crippen molar-refractivity contribution in [1.82, 2.24) is 9.78 Å². The van der Waals surface area contributed by atoms with Gasteiger partial charge in [-0.1, -0.05) is 0 Å². The molecule has 7 heteroatoms. The van der Waals surface area contributed by atoms with Crippen molar-refractivity contribution in [2.24, 2.45) is 12.0 Å². The number of esters is 1.